The summed E-state index contributed by atoms with van der Waals surface area (Å²) in [6.07, 6.45) is 0.0747. The van der Waals surface area contributed by atoms with Crippen LogP contribution in [0, 0.1) is 0 Å². The average molecular weight is 276 g/mol. The predicted molar refractivity (Wildman–Crippen MR) is 73.5 cm³/mol. The van der Waals surface area contributed by atoms with Gasteiger partial charge in [-0.25, -0.2) is 4.79 Å². The van der Waals surface area contributed by atoms with Gasteiger partial charge in [-0.1, -0.05) is 0 Å². The van der Waals surface area contributed by atoms with Crippen LogP contribution in [0.25, 0.3) is 11.0 Å². The quantitative estimate of drug-likeness (QED) is 0.633. The number of rotatable bonds is 4. The van der Waals surface area contributed by atoms with E-state index in [1.807, 2.05) is 19.9 Å². The van der Waals surface area contributed by atoms with Crippen molar-refractivity contribution in [3.05, 3.63) is 34.7 Å². The van der Waals surface area contributed by atoms with Crippen LogP contribution in [0.15, 0.2) is 33.5 Å². The van der Waals surface area contributed by atoms with Gasteiger partial charge >= 0.3 is 5.63 Å². The third-order valence-corrected chi connectivity index (χ3v) is 3.47. The average Bonchev–Trinajstić information content (AvgIpc) is 3.03. The van der Waals surface area contributed by atoms with Gasteiger partial charge < -0.3 is 18.6 Å². The molecule has 20 heavy (non-hydrogen) atoms. The fraction of sp³-hybridized carbons (Fsp3) is 0.400. The highest BCUT2D eigenvalue weighted by Crippen LogP contribution is 2.38. The number of benzene rings is 1. The molecular weight excluding hydrogens is 260 g/mol. The van der Waals surface area contributed by atoms with E-state index in [0.29, 0.717) is 23.7 Å². The molecule has 106 valence electrons. The summed E-state index contributed by atoms with van der Waals surface area (Å²) in [6.45, 7) is 4.46. The van der Waals surface area contributed by atoms with E-state index in [1.165, 1.54) is 13.2 Å². The van der Waals surface area contributed by atoms with Gasteiger partial charge in [-0.3, -0.25) is 0 Å². The molecule has 5 heteroatoms. The molecule has 0 radical (unpaired) electrons. The fourth-order valence-electron chi connectivity index (χ4n) is 2.13. The Bertz CT molecular complexity index is 701. The molecule has 3 rings (SSSR count). The van der Waals surface area contributed by atoms with Crippen LogP contribution in [-0.4, -0.2) is 25.4 Å². The Morgan fingerprint density at radius 3 is 2.60 bits per heavy atom. The largest absolute Gasteiger partial charge is 0.490 e. The van der Waals surface area contributed by atoms with Crippen molar-refractivity contribution in [2.24, 2.45) is 0 Å². The Morgan fingerprint density at radius 2 is 1.95 bits per heavy atom. The van der Waals surface area contributed by atoms with Crippen LogP contribution in [0.2, 0.25) is 0 Å². The normalized spacial score (nSPS) is 19.9. The highest BCUT2D eigenvalue weighted by Gasteiger charge is 2.48. The topological polar surface area (TPSA) is 61.2 Å². The van der Waals surface area contributed by atoms with Gasteiger partial charge in [0.05, 0.1) is 12.7 Å². The minimum absolute atomic E-state index is 0.0747. The van der Waals surface area contributed by atoms with Gasteiger partial charge in [-0.15, -0.1) is 0 Å². The van der Waals surface area contributed by atoms with Crippen LogP contribution in [0.4, 0.5) is 0 Å². The maximum Gasteiger partial charge on any atom is 0.336 e. The summed E-state index contributed by atoms with van der Waals surface area (Å²) in [7, 11) is 1.52. The lowest BCUT2D eigenvalue weighted by atomic mass is 10.1. The van der Waals surface area contributed by atoms with Gasteiger partial charge in [-0.05, 0) is 32.0 Å². The van der Waals surface area contributed by atoms with Crippen LogP contribution in [0.5, 0.6) is 11.5 Å². The summed E-state index contributed by atoms with van der Waals surface area (Å²) in [5, 5.41) is 0.789. The first-order valence-corrected chi connectivity index (χ1v) is 6.43. The summed E-state index contributed by atoms with van der Waals surface area (Å²) in [5.74, 6) is 0.972. The van der Waals surface area contributed by atoms with Crippen LogP contribution in [0.3, 0.4) is 0 Å². The summed E-state index contributed by atoms with van der Waals surface area (Å²) in [4.78, 5) is 11.3. The van der Waals surface area contributed by atoms with E-state index >= 15 is 0 Å². The lowest BCUT2D eigenvalue weighted by Gasteiger charge is -2.11. The molecule has 1 fully saturated rings. The van der Waals surface area contributed by atoms with Crippen LogP contribution in [-0.2, 0) is 4.74 Å². The zero-order chi connectivity index (χ0) is 14.3. The first-order chi connectivity index (χ1) is 9.51. The van der Waals surface area contributed by atoms with Gasteiger partial charge in [-0.2, -0.15) is 0 Å². The molecular formula is C15H16O5. The van der Waals surface area contributed by atoms with Crippen LogP contribution in [0.1, 0.15) is 13.8 Å². The first-order valence-electron chi connectivity index (χ1n) is 6.43. The molecule has 1 aliphatic heterocycles. The number of ether oxygens (including phenoxy) is 3. The first kappa shape index (κ1) is 13.0. The van der Waals surface area contributed by atoms with E-state index in [4.69, 9.17) is 18.6 Å². The molecule has 0 N–H and O–H groups in total. The lowest BCUT2D eigenvalue weighted by Crippen LogP contribution is -2.12. The van der Waals surface area contributed by atoms with E-state index in [-0.39, 0.29) is 11.7 Å². The summed E-state index contributed by atoms with van der Waals surface area (Å²) in [6, 6.07) is 6.70. The molecule has 1 atom stereocenters. The van der Waals surface area contributed by atoms with E-state index in [1.54, 1.807) is 12.1 Å². The summed E-state index contributed by atoms with van der Waals surface area (Å²) in [5.41, 5.74) is -0.149. The van der Waals surface area contributed by atoms with E-state index in [2.05, 4.69) is 0 Å². The van der Waals surface area contributed by atoms with Gasteiger partial charge in [0.25, 0.3) is 0 Å². The third-order valence-electron chi connectivity index (χ3n) is 3.47. The number of methoxy groups -OCH3 is 1. The van der Waals surface area contributed by atoms with Gasteiger partial charge in [0, 0.05) is 11.5 Å². The monoisotopic (exact) mass is 276 g/mol. The Hall–Kier alpha value is -2.01. The molecule has 0 unspecified atom stereocenters. The van der Waals surface area contributed by atoms with E-state index in [9.17, 15) is 4.79 Å². The van der Waals surface area contributed by atoms with Crippen molar-refractivity contribution in [1.82, 2.24) is 0 Å². The molecule has 1 aromatic carbocycles. The van der Waals surface area contributed by atoms with Gasteiger partial charge in [0.15, 0.2) is 11.3 Å². The second kappa shape index (κ2) is 4.52. The molecule has 0 saturated carbocycles. The molecule has 0 bridgehead atoms. The fourth-order valence-corrected chi connectivity index (χ4v) is 2.13. The van der Waals surface area contributed by atoms with Crippen molar-refractivity contribution in [3.63, 3.8) is 0 Å². The van der Waals surface area contributed by atoms with Gasteiger partial charge in [0.2, 0.25) is 5.75 Å². The maximum absolute atomic E-state index is 11.3. The minimum atomic E-state index is -0.417. The Balaban J connectivity index is 1.92. The molecule has 0 aliphatic carbocycles. The van der Waals surface area contributed by atoms with E-state index in [0.717, 1.165) is 5.39 Å². The Labute approximate surface area is 116 Å². The van der Waals surface area contributed by atoms with Crippen molar-refractivity contribution in [1.29, 1.82) is 0 Å². The smallest absolute Gasteiger partial charge is 0.336 e. The minimum Gasteiger partial charge on any atom is -0.490 e. The summed E-state index contributed by atoms with van der Waals surface area (Å²) < 4.78 is 21.7. The van der Waals surface area contributed by atoms with Crippen molar-refractivity contribution in [3.8, 4) is 11.5 Å². The predicted octanol–water partition coefficient (Wildman–Crippen LogP) is 2.36. The van der Waals surface area contributed by atoms with Crippen molar-refractivity contribution < 1.29 is 18.6 Å². The zero-order valence-corrected chi connectivity index (χ0v) is 11.6. The van der Waals surface area contributed by atoms with Crippen molar-refractivity contribution in [2.75, 3.05) is 13.7 Å². The molecule has 2 heterocycles. The highest BCUT2D eigenvalue weighted by atomic mass is 16.6. The molecule has 5 nitrogen and oxygen atoms in total. The zero-order valence-electron chi connectivity index (χ0n) is 11.6. The second-order valence-electron chi connectivity index (χ2n) is 5.29. The van der Waals surface area contributed by atoms with Crippen molar-refractivity contribution in [2.45, 2.75) is 25.6 Å². The molecule has 0 spiro atoms. The number of epoxide rings is 1. The standard InChI is InChI=1S/C15H16O5/c1-15(2)11(20-15)8-18-10-6-4-9-5-7-12(16)19-13(9)14(10)17-3/h4-7,11H,8H2,1-3H3/t11-/m0/s1. The SMILES string of the molecule is COc1c(OC[C@@H]2OC2(C)C)ccc2ccc(=O)oc12. The number of hydrogen-bond donors (Lipinski definition) is 0. The molecule has 1 aromatic heterocycles. The number of fused-ring (bicyclic) bond motifs is 1. The lowest BCUT2D eigenvalue weighted by molar-refractivity contribution is 0.246. The molecule has 2 aromatic rings. The Morgan fingerprint density at radius 1 is 1.25 bits per heavy atom. The molecule has 0 amide bonds. The Kier molecular flexibility index (Phi) is 2.94. The summed E-state index contributed by atoms with van der Waals surface area (Å²) >= 11 is 0. The molecule has 1 saturated heterocycles. The van der Waals surface area contributed by atoms with Crippen molar-refractivity contribution >= 4 is 11.0 Å². The van der Waals surface area contributed by atoms with Crippen LogP contribution >= 0.6 is 0 Å². The number of hydrogen-bond acceptors (Lipinski definition) is 5. The molecule has 1 aliphatic rings. The highest BCUT2D eigenvalue weighted by molar-refractivity contribution is 5.85. The second-order valence-corrected chi connectivity index (χ2v) is 5.29. The van der Waals surface area contributed by atoms with Crippen LogP contribution < -0.4 is 15.1 Å². The van der Waals surface area contributed by atoms with Gasteiger partial charge in [0.1, 0.15) is 12.7 Å². The third kappa shape index (κ3) is 2.25. The van der Waals surface area contributed by atoms with E-state index < -0.39 is 5.63 Å². The maximum atomic E-state index is 11.3.